The zero-order valence-electron chi connectivity index (χ0n) is 14.5. The topological polar surface area (TPSA) is 92.6 Å². The summed E-state index contributed by atoms with van der Waals surface area (Å²) in [6.45, 7) is 1.28. The number of nitrogens with one attached hydrogen (secondary N) is 3. The first kappa shape index (κ1) is 18.0. The zero-order chi connectivity index (χ0) is 18.2. The summed E-state index contributed by atoms with van der Waals surface area (Å²) in [6, 6.07) is 10.4. The van der Waals surface area contributed by atoms with Gasteiger partial charge in [0.2, 0.25) is 5.91 Å². The normalized spacial score (nSPS) is 16.2. The van der Waals surface area contributed by atoms with E-state index in [1.165, 1.54) is 0 Å². The van der Waals surface area contributed by atoms with Gasteiger partial charge in [-0.1, -0.05) is 0 Å². The number of rotatable bonds is 7. The highest BCUT2D eigenvalue weighted by Crippen LogP contribution is 2.15. The molecule has 0 radical (unpaired) electrons. The first-order valence-electron chi connectivity index (χ1n) is 8.78. The number of benzene rings is 1. The largest absolute Gasteiger partial charge is 0.469 e. The van der Waals surface area contributed by atoms with Gasteiger partial charge in [0.15, 0.2) is 0 Å². The average molecular weight is 357 g/mol. The van der Waals surface area contributed by atoms with E-state index in [9.17, 15) is 9.59 Å². The number of amides is 3. The van der Waals surface area contributed by atoms with E-state index in [4.69, 9.17) is 9.15 Å². The highest BCUT2D eigenvalue weighted by Gasteiger charge is 2.16. The highest BCUT2D eigenvalue weighted by atomic mass is 16.5. The molecule has 3 amide bonds. The van der Waals surface area contributed by atoms with Crippen LogP contribution in [-0.4, -0.2) is 31.2 Å². The second-order valence-electron chi connectivity index (χ2n) is 6.17. The number of carbonyl (C=O) groups is 2. The smallest absolute Gasteiger partial charge is 0.319 e. The molecule has 0 aliphatic carbocycles. The van der Waals surface area contributed by atoms with Gasteiger partial charge >= 0.3 is 6.03 Å². The molecular weight excluding hydrogens is 334 g/mol. The van der Waals surface area contributed by atoms with E-state index in [1.54, 1.807) is 36.6 Å². The van der Waals surface area contributed by atoms with Crippen LogP contribution in [-0.2, 0) is 16.0 Å². The van der Waals surface area contributed by atoms with Gasteiger partial charge in [0.25, 0.3) is 0 Å². The number of urea groups is 1. The van der Waals surface area contributed by atoms with E-state index in [1.807, 2.05) is 6.07 Å². The molecule has 0 saturated carbocycles. The maximum absolute atomic E-state index is 11.9. The Morgan fingerprint density at radius 3 is 2.50 bits per heavy atom. The maximum atomic E-state index is 11.9. The van der Waals surface area contributed by atoms with Crippen molar-refractivity contribution in [1.82, 2.24) is 5.32 Å². The van der Waals surface area contributed by atoms with Crippen molar-refractivity contribution >= 4 is 23.3 Å². The minimum atomic E-state index is -0.268. The second-order valence-corrected chi connectivity index (χ2v) is 6.17. The average Bonchev–Trinajstić information content (AvgIpc) is 3.34. The van der Waals surface area contributed by atoms with Gasteiger partial charge in [-0.25, -0.2) is 4.79 Å². The van der Waals surface area contributed by atoms with Gasteiger partial charge in [0.05, 0.1) is 12.4 Å². The standard InChI is InChI=1S/C19H23N3O4/c23-18(10-9-16-3-1-11-25-16)21-14-5-7-15(8-6-14)22-19(24)20-13-17-4-2-12-26-17/h1,3,5-8,11,17H,2,4,9-10,12-13H2,(H,21,23)(H2,20,22,24)/t17-/m0/s1. The molecule has 0 spiro atoms. The van der Waals surface area contributed by atoms with Gasteiger partial charge in [-0.2, -0.15) is 0 Å². The molecule has 26 heavy (non-hydrogen) atoms. The Labute approximate surface area is 152 Å². The van der Waals surface area contributed by atoms with E-state index in [2.05, 4.69) is 16.0 Å². The Kier molecular flexibility index (Phi) is 6.27. The molecule has 1 aliphatic rings. The molecule has 2 aromatic rings. The van der Waals surface area contributed by atoms with Crippen LogP contribution in [0.15, 0.2) is 47.1 Å². The molecule has 0 unspecified atom stereocenters. The summed E-state index contributed by atoms with van der Waals surface area (Å²) in [4.78, 5) is 23.8. The monoisotopic (exact) mass is 357 g/mol. The van der Waals surface area contributed by atoms with Crippen LogP contribution < -0.4 is 16.0 Å². The summed E-state index contributed by atoms with van der Waals surface area (Å²) in [5, 5.41) is 8.38. The molecular formula is C19H23N3O4. The minimum absolute atomic E-state index is 0.0867. The van der Waals surface area contributed by atoms with E-state index >= 15 is 0 Å². The van der Waals surface area contributed by atoms with E-state index in [0.29, 0.717) is 30.8 Å². The number of ether oxygens (including phenoxy) is 1. The minimum Gasteiger partial charge on any atom is -0.469 e. The number of hydrogen-bond donors (Lipinski definition) is 3. The van der Waals surface area contributed by atoms with E-state index < -0.39 is 0 Å². The molecule has 2 heterocycles. The molecule has 1 aromatic carbocycles. The third-order valence-electron chi connectivity index (χ3n) is 4.12. The lowest BCUT2D eigenvalue weighted by Crippen LogP contribution is -2.35. The van der Waals surface area contributed by atoms with Crippen molar-refractivity contribution in [3.8, 4) is 0 Å². The zero-order valence-corrected chi connectivity index (χ0v) is 14.5. The summed E-state index contributed by atoms with van der Waals surface area (Å²) >= 11 is 0. The summed E-state index contributed by atoms with van der Waals surface area (Å²) in [5.74, 6) is 0.699. The summed E-state index contributed by atoms with van der Waals surface area (Å²) in [7, 11) is 0. The van der Waals surface area contributed by atoms with Crippen LogP contribution in [0.4, 0.5) is 16.2 Å². The van der Waals surface area contributed by atoms with Gasteiger partial charge in [-0.15, -0.1) is 0 Å². The number of furan rings is 1. The fourth-order valence-electron chi connectivity index (χ4n) is 2.74. The van der Waals surface area contributed by atoms with Crippen LogP contribution in [0.5, 0.6) is 0 Å². The van der Waals surface area contributed by atoms with Crippen LogP contribution in [0.25, 0.3) is 0 Å². The third-order valence-corrected chi connectivity index (χ3v) is 4.12. The quantitative estimate of drug-likeness (QED) is 0.710. The van der Waals surface area contributed by atoms with Crippen molar-refractivity contribution in [1.29, 1.82) is 0 Å². The number of anilines is 2. The van der Waals surface area contributed by atoms with Crippen molar-refractivity contribution in [3.05, 3.63) is 48.4 Å². The lowest BCUT2D eigenvalue weighted by Gasteiger charge is -2.12. The number of carbonyl (C=O) groups excluding carboxylic acids is 2. The SMILES string of the molecule is O=C(CCc1ccco1)Nc1ccc(NC(=O)NC[C@@H]2CCCO2)cc1. The predicted octanol–water partition coefficient (Wildman–Crippen LogP) is 3.15. The van der Waals surface area contributed by atoms with Crippen LogP contribution in [0, 0.1) is 0 Å². The molecule has 138 valence electrons. The summed E-state index contributed by atoms with van der Waals surface area (Å²) in [5.41, 5.74) is 1.34. The Balaban J connectivity index is 1.39. The second kappa shape index (κ2) is 9.05. The Bertz CT molecular complexity index is 707. The van der Waals surface area contributed by atoms with Crippen molar-refractivity contribution in [2.24, 2.45) is 0 Å². The molecule has 7 heteroatoms. The number of aryl methyl sites for hydroxylation is 1. The number of hydrogen-bond acceptors (Lipinski definition) is 4. The first-order valence-corrected chi connectivity index (χ1v) is 8.78. The highest BCUT2D eigenvalue weighted by molar-refractivity contribution is 5.92. The molecule has 3 rings (SSSR count). The fraction of sp³-hybridized carbons (Fsp3) is 0.368. The van der Waals surface area contributed by atoms with E-state index in [0.717, 1.165) is 25.2 Å². The van der Waals surface area contributed by atoms with Gasteiger partial charge in [0, 0.05) is 37.4 Å². The Morgan fingerprint density at radius 1 is 1.08 bits per heavy atom. The molecule has 1 aliphatic heterocycles. The van der Waals surface area contributed by atoms with Crippen LogP contribution in [0.3, 0.4) is 0 Å². The maximum Gasteiger partial charge on any atom is 0.319 e. The van der Waals surface area contributed by atoms with Crippen molar-refractivity contribution in [2.45, 2.75) is 31.8 Å². The van der Waals surface area contributed by atoms with Crippen molar-refractivity contribution in [3.63, 3.8) is 0 Å². The molecule has 1 aromatic heterocycles. The van der Waals surface area contributed by atoms with Crippen LogP contribution in [0.2, 0.25) is 0 Å². The first-order chi connectivity index (χ1) is 12.7. The summed E-state index contributed by atoms with van der Waals surface area (Å²) < 4.78 is 10.7. The van der Waals surface area contributed by atoms with Crippen molar-refractivity contribution < 1.29 is 18.7 Å². The lowest BCUT2D eigenvalue weighted by molar-refractivity contribution is -0.116. The van der Waals surface area contributed by atoms with Gasteiger partial charge in [0.1, 0.15) is 5.76 Å². The molecule has 1 fully saturated rings. The van der Waals surface area contributed by atoms with Gasteiger partial charge in [-0.3, -0.25) is 4.79 Å². The van der Waals surface area contributed by atoms with Gasteiger partial charge < -0.3 is 25.1 Å². The third kappa shape index (κ3) is 5.63. The molecule has 3 N–H and O–H groups in total. The molecule has 7 nitrogen and oxygen atoms in total. The van der Waals surface area contributed by atoms with Gasteiger partial charge in [-0.05, 0) is 49.2 Å². The Morgan fingerprint density at radius 2 is 1.85 bits per heavy atom. The fourth-order valence-corrected chi connectivity index (χ4v) is 2.74. The molecule has 1 saturated heterocycles. The predicted molar refractivity (Wildman–Crippen MR) is 98.1 cm³/mol. The van der Waals surface area contributed by atoms with Crippen LogP contribution in [0.1, 0.15) is 25.0 Å². The summed E-state index contributed by atoms with van der Waals surface area (Å²) in [6.07, 6.45) is 4.63. The molecule has 1 atom stereocenters. The Hall–Kier alpha value is -2.80. The molecule has 0 bridgehead atoms. The van der Waals surface area contributed by atoms with Crippen LogP contribution >= 0.6 is 0 Å². The van der Waals surface area contributed by atoms with Crippen molar-refractivity contribution in [2.75, 3.05) is 23.8 Å². The van der Waals surface area contributed by atoms with E-state index in [-0.39, 0.29) is 18.0 Å². The lowest BCUT2D eigenvalue weighted by atomic mass is 10.2.